The number of hydrogen-bond donors (Lipinski definition) is 0. The molecular weight excluding hydrogens is 538 g/mol. The monoisotopic (exact) mass is 569 g/mol. The fourth-order valence-electron chi connectivity index (χ4n) is 4.84. The first kappa shape index (κ1) is 29.0. The molecule has 4 rings (SSSR count). The Morgan fingerprint density at radius 1 is 1.00 bits per heavy atom. The van der Waals surface area contributed by atoms with Gasteiger partial charge in [-0.2, -0.15) is 0 Å². The van der Waals surface area contributed by atoms with Crippen molar-refractivity contribution in [1.82, 2.24) is 4.90 Å². The van der Waals surface area contributed by atoms with Gasteiger partial charge in [-0.05, 0) is 38.8 Å². The van der Waals surface area contributed by atoms with Crippen LogP contribution in [0.2, 0.25) is 0 Å². The largest absolute Gasteiger partial charge is 0.464 e. The van der Waals surface area contributed by atoms with Gasteiger partial charge < -0.3 is 19.1 Å². The van der Waals surface area contributed by atoms with Crippen LogP contribution < -0.4 is 0 Å². The summed E-state index contributed by atoms with van der Waals surface area (Å²) in [6.45, 7) is 6.51. The number of β-lactam (4-membered cyclic amide) rings is 1. The van der Waals surface area contributed by atoms with E-state index in [9.17, 15) is 27.6 Å². The molecule has 2 aliphatic heterocycles. The zero-order valence-corrected chi connectivity index (χ0v) is 23.6. The average molecular weight is 570 g/mol. The molecule has 1 unspecified atom stereocenters. The molecule has 10 nitrogen and oxygen atoms in total. The second kappa shape index (κ2) is 10.5. The molecule has 0 aliphatic carbocycles. The van der Waals surface area contributed by atoms with Crippen LogP contribution in [0.25, 0.3) is 0 Å². The molecule has 2 aromatic carbocycles. The van der Waals surface area contributed by atoms with Crippen molar-refractivity contribution in [3.05, 3.63) is 83.4 Å². The number of carbonyl (C=O) groups excluding carboxylic acids is 4. The summed E-state index contributed by atoms with van der Waals surface area (Å²) in [5, 5.41) is -1.61. The second-order valence-electron chi connectivity index (χ2n) is 10.9. The number of benzene rings is 2. The van der Waals surface area contributed by atoms with E-state index in [4.69, 9.17) is 14.2 Å². The number of carbonyl (C=O) groups is 4. The Morgan fingerprint density at radius 3 is 2.00 bits per heavy atom. The van der Waals surface area contributed by atoms with E-state index in [0.717, 1.165) is 17.9 Å². The van der Waals surface area contributed by atoms with E-state index in [2.05, 4.69) is 0 Å². The van der Waals surface area contributed by atoms with E-state index in [1.165, 1.54) is 6.92 Å². The third kappa shape index (κ3) is 5.25. The Bertz CT molecular complexity index is 1420. The van der Waals surface area contributed by atoms with Crippen LogP contribution in [0, 0.1) is 0 Å². The van der Waals surface area contributed by atoms with Crippen molar-refractivity contribution in [2.75, 3.05) is 6.61 Å². The summed E-state index contributed by atoms with van der Waals surface area (Å²) in [7, 11) is -4.40. The van der Waals surface area contributed by atoms with E-state index in [-0.39, 0.29) is 5.57 Å². The maximum Gasteiger partial charge on any atom is 0.331 e. The molecule has 212 valence electrons. The summed E-state index contributed by atoms with van der Waals surface area (Å²) in [5.74, 6) is -3.49. The molecule has 2 heterocycles. The Hall–Kier alpha value is -3.99. The number of ether oxygens (including phenoxy) is 3. The lowest BCUT2D eigenvalue weighted by molar-refractivity contribution is -0.162. The van der Waals surface area contributed by atoms with Crippen molar-refractivity contribution in [3.63, 3.8) is 0 Å². The van der Waals surface area contributed by atoms with Gasteiger partial charge in [-0.15, -0.1) is 0 Å². The Balaban J connectivity index is 1.75. The summed E-state index contributed by atoms with van der Waals surface area (Å²) < 4.78 is 41.9. The van der Waals surface area contributed by atoms with Gasteiger partial charge in [0.05, 0.1) is 5.57 Å². The molecule has 40 heavy (non-hydrogen) atoms. The minimum atomic E-state index is -4.40. The highest BCUT2D eigenvalue weighted by molar-refractivity contribution is 7.94. The lowest BCUT2D eigenvalue weighted by Crippen LogP contribution is -2.60. The van der Waals surface area contributed by atoms with Gasteiger partial charge in [0.1, 0.15) is 17.0 Å². The maximum absolute atomic E-state index is 13.9. The van der Waals surface area contributed by atoms with Crippen LogP contribution in [0.15, 0.2) is 72.3 Å². The first-order chi connectivity index (χ1) is 18.7. The topological polar surface area (TPSA) is 133 Å². The summed E-state index contributed by atoms with van der Waals surface area (Å²) in [6.07, 6.45) is -0.0778. The number of fused-ring (bicyclic) bond motifs is 1. The lowest BCUT2D eigenvalue weighted by Gasteiger charge is -2.39. The second-order valence-corrected chi connectivity index (χ2v) is 13.3. The van der Waals surface area contributed by atoms with Crippen LogP contribution >= 0.6 is 0 Å². The molecule has 3 atom stereocenters. The fraction of sp³-hybridized carbons (Fsp3) is 0.379. The molecule has 2 aliphatic rings. The van der Waals surface area contributed by atoms with Crippen molar-refractivity contribution < 1.29 is 41.8 Å². The molecule has 2 saturated heterocycles. The van der Waals surface area contributed by atoms with Crippen molar-refractivity contribution in [3.8, 4) is 0 Å². The highest BCUT2D eigenvalue weighted by Crippen LogP contribution is 2.49. The summed E-state index contributed by atoms with van der Waals surface area (Å²) in [5.41, 5.74) is 0.0411. The summed E-state index contributed by atoms with van der Waals surface area (Å²) in [4.78, 5) is 52.1. The number of sulfone groups is 1. The van der Waals surface area contributed by atoms with Gasteiger partial charge in [0.2, 0.25) is 0 Å². The standard InChI is InChI=1S/C29H31NO9S/c1-18(31)37-17-29(5)24(27(34)38-23(19-12-8-6-9-13-19)20-14-10-7-11-15-20)30-25(33)21(26(30)40(29,35)36)16-22(32)39-28(2,3)4/h6-16,23-24,26H,17H2,1-5H3/b21-16-/t24-,26?,29-/m0/s1. The van der Waals surface area contributed by atoms with E-state index < -0.39 is 68.1 Å². The van der Waals surface area contributed by atoms with Crippen molar-refractivity contribution in [2.24, 2.45) is 0 Å². The zero-order valence-electron chi connectivity index (χ0n) is 22.8. The number of hydrogen-bond acceptors (Lipinski definition) is 9. The summed E-state index contributed by atoms with van der Waals surface area (Å²) in [6, 6.07) is 16.1. The van der Waals surface area contributed by atoms with E-state index in [1.54, 1.807) is 81.4 Å². The highest BCUT2D eigenvalue weighted by atomic mass is 32.2. The fourth-order valence-corrected chi connectivity index (χ4v) is 7.12. The molecule has 0 spiro atoms. The highest BCUT2D eigenvalue weighted by Gasteiger charge is 2.73. The van der Waals surface area contributed by atoms with Gasteiger partial charge in [0.15, 0.2) is 27.4 Å². The predicted molar refractivity (Wildman–Crippen MR) is 143 cm³/mol. The van der Waals surface area contributed by atoms with Crippen LogP contribution in [-0.4, -0.2) is 65.5 Å². The first-order valence-electron chi connectivity index (χ1n) is 12.6. The van der Waals surface area contributed by atoms with E-state index >= 15 is 0 Å². The normalized spacial score (nSPS) is 24.3. The number of amides is 1. The Labute approximate surface area is 232 Å². The lowest BCUT2D eigenvalue weighted by atomic mass is 9.94. The third-order valence-electron chi connectivity index (χ3n) is 6.70. The molecule has 0 N–H and O–H groups in total. The maximum atomic E-state index is 13.9. The molecule has 2 fully saturated rings. The minimum Gasteiger partial charge on any atom is -0.464 e. The quantitative estimate of drug-likeness (QED) is 0.214. The Morgan fingerprint density at radius 2 is 1.52 bits per heavy atom. The van der Waals surface area contributed by atoms with Crippen LogP contribution in [0.3, 0.4) is 0 Å². The molecular formula is C29H31NO9S. The van der Waals surface area contributed by atoms with E-state index in [0.29, 0.717) is 11.1 Å². The van der Waals surface area contributed by atoms with Gasteiger partial charge in [0, 0.05) is 13.0 Å². The minimum absolute atomic E-state index is 0.332. The molecule has 0 saturated carbocycles. The molecule has 0 radical (unpaired) electrons. The molecule has 1 amide bonds. The van der Waals surface area contributed by atoms with Crippen molar-refractivity contribution >= 4 is 33.7 Å². The number of esters is 3. The smallest absolute Gasteiger partial charge is 0.331 e. The van der Waals surface area contributed by atoms with Crippen LogP contribution in [0.1, 0.15) is 51.8 Å². The zero-order chi connectivity index (χ0) is 29.5. The summed E-state index contributed by atoms with van der Waals surface area (Å²) >= 11 is 0. The third-order valence-corrected chi connectivity index (χ3v) is 9.41. The Kier molecular flexibility index (Phi) is 7.64. The molecule has 11 heteroatoms. The van der Waals surface area contributed by atoms with Gasteiger partial charge in [-0.25, -0.2) is 18.0 Å². The molecule has 2 aromatic rings. The molecule has 0 bridgehead atoms. The van der Waals surface area contributed by atoms with Gasteiger partial charge in [-0.3, -0.25) is 9.59 Å². The number of nitrogens with zero attached hydrogens (tertiary/aromatic N) is 1. The van der Waals surface area contributed by atoms with E-state index in [1.807, 2.05) is 0 Å². The van der Waals surface area contributed by atoms with Crippen molar-refractivity contribution in [1.29, 1.82) is 0 Å². The van der Waals surface area contributed by atoms with Crippen LogP contribution in [0.4, 0.5) is 0 Å². The molecule has 0 aromatic heterocycles. The van der Waals surface area contributed by atoms with Crippen LogP contribution in [0.5, 0.6) is 0 Å². The van der Waals surface area contributed by atoms with Gasteiger partial charge >= 0.3 is 17.9 Å². The SMILES string of the molecule is CC(=O)OC[C@@]1(C)[C@H](C(=O)OC(c2ccccc2)c2ccccc2)N2C(=O)/C(=C/C(=O)OC(C)(C)C)C2S1(=O)=O. The number of rotatable bonds is 7. The average Bonchev–Trinajstić information content (AvgIpc) is 3.05. The van der Waals surface area contributed by atoms with Gasteiger partial charge in [-0.1, -0.05) is 60.7 Å². The first-order valence-corrected chi connectivity index (χ1v) is 14.2. The van der Waals surface area contributed by atoms with Crippen LogP contribution in [-0.2, 0) is 43.2 Å². The van der Waals surface area contributed by atoms with Crippen molar-refractivity contribution in [2.45, 2.75) is 62.5 Å². The van der Waals surface area contributed by atoms with Gasteiger partial charge in [0.25, 0.3) is 5.91 Å². The predicted octanol–water partition coefficient (Wildman–Crippen LogP) is 2.87.